The molecule has 1 aliphatic heterocycles. The second-order valence-corrected chi connectivity index (χ2v) is 13.8. The quantitative estimate of drug-likeness (QED) is 0.498. The van der Waals surface area contributed by atoms with Crippen LogP contribution >= 0.6 is 0 Å². The number of carbonyl (C=O) groups excluding carboxylic acids is 1. The summed E-state index contributed by atoms with van der Waals surface area (Å²) in [4.78, 5) is 16.2. The van der Waals surface area contributed by atoms with Gasteiger partial charge in [0.15, 0.2) is 0 Å². The monoisotopic (exact) mass is 519 g/mol. The Balaban J connectivity index is 1.23. The van der Waals surface area contributed by atoms with E-state index in [2.05, 4.69) is 18.7 Å². The van der Waals surface area contributed by atoms with Crippen LogP contribution in [0.5, 0.6) is 0 Å². The first-order valence-electron chi connectivity index (χ1n) is 15.6. The fraction of sp³-hybridized carbons (Fsp3) is 0.968. The van der Waals surface area contributed by atoms with Crippen molar-refractivity contribution in [2.75, 3.05) is 26.9 Å². The van der Waals surface area contributed by atoms with E-state index in [4.69, 9.17) is 9.47 Å². The number of carbonyl (C=O) groups is 1. The Bertz CT molecular complexity index is 786. The SMILES string of the molecule is COC[C@H](O)[C@@H](O)CO[C@H]1CC[C@@]2(C)C(CC[C@@H]3C2CC[C@@]2(C)C3CCCN2C(=O)C2CCCCC2)C1. The number of fused-ring (bicyclic) bond motifs is 5. The van der Waals surface area contributed by atoms with Gasteiger partial charge in [-0.1, -0.05) is 26.2 Å². The molecule has 1 saturated heterocycles. The highest BCUT2D eigenvalue weighted by molar-refractivity contribution is 5.80. The average Bonchev–Trinajstić information content (AvgIpc) is 2.91. The zero-order chi connectivity index (χ0) is 26.2. The van der Waals surface area contributed by atoms with Crippen LogP contribution in [0.25, 0.3) is 0 Å². The van der Waals surface area contributed by atoms with Gasteiger partial charge in [0.1, 0.15) is 12.2 Å². The van der Waals surface area contributed by atoms with Gasteiger partial charge in [-0.15, -0.1) is 0 Å². The molecular formula is C31H53NO5. The van der Waals surface area contributed by atoms with Crippen molar-refractivity contribution in [2.24, 2.45) is 35.0 Å². The smallest absolute Gasteiger partial charge is 0.226 e. The number of likely N-dealkylation sites (tertiary alicyclic amines) is 1. The molecule has 0 aromatic heterocycles. The van der Waals surface area contributed by atoms with Crippen molar-refractivity contribution in [2.45, 2.75) is 128 Å². The van der Waals surface area contributed by atoms with E-state index in [9.17, 15) is 15.0 Å². The summed E-state index contributed by atoms with van der Waals surface area (Å²) in [5.41, 5.74) is 0.407. The van der Waals surface area contributed by atoms with Crippen LogP contribution < -0.4 is 0 Å². The second-order valence-electron chi connectivity index (χ2n) is 13.8. The van der Waals surface area contributed by atoms with Crippen molar-refractivity contribution in [1.82, 2.24) is 4.90 Å². The Morgan fingerprint density at radius 1 is 0.892 bits per heavy atom. The number of amides is 1. The van der Waals surface area contributed by atoms with E-state index in [1.165, 1.54) is 71.3 Å². The third-order valence-corrected chi connectivity index (χ3v) is 12.0. The van der Waals surface area contributed by atoms with Gasteiger partial charge in [0.25, 0.3) is 0 Å². The Morgan fingerprint density at radius 3 is 2.41 bits per heavy atom. The molecule has 0 bridgehead atoms. The largest absolute Gasteiger partial charge is 0.388 e. The Morgan fingerprint density at radius 2 is 1.65 bits per heavy atom. The highest BCUT2D eigenvalue weighted by atomic mass is 16.5. The van der Waals surface area contributed by atoms with Crippen molar-refractivity contribution in [3.63, 3.8) is 0 Å². The lowest BCUT2D eigenvalue weighted by molar-refractivity contribution is -0.173. The van der Waals surface area contributed by atoms with Crippen LogP contribution in [0.3, 0.4) is 0 Å². The summed E-state index contributed by atoms with van der Waals surface area (Å²) in [5.74, 6) is 3.58. The van der Waals surface area contributed by atoms with Gasteiger partial charge in [-0.05, 0) is 107 Å². The van der Waals surface area contributed by atoms with Crippen molar-refractivity contribution in [3.05, 3.63) is 0 Å². The summed E-state index contributed by atoms with van der Waals surface area (Å²) >= 11 is 0. The van der Waals surface area contributed by atoms with Crippen molar-refractivity contribution >= 4 is 5.91 Å². The number of aliphatic hydroxyl groups is 2. The molecule has 5 rings (SSSR count). The fourth-order valence-corrected chi connectivity index (χ4v) is 9.82. The summed E-state index contributed by atoms with van der Waals surface area (Å²) in [7, 11) is 1.53. The number of nitrogens with zero attached hydrogens (tertiary/aromatic N) is 1. The number of rotatable bonds is 7. The Hall–Kier alpha value is -0.690. The first-order valence-corrected chi connectivity index (χ1v) is 15.6. The van der Waals surface area contributed by atoms with Gasteiger partial charge < -0.3 is 24.6 Å². The third kappa shape index (κ3) is 5.26. The number of ether oxygens (including phenoxy) is 2. The number of aliphatic hydroxyl groups excluding tert-OH is 2. The van der Waals surface area contributed by atoms with Crippen LogP contribution in [0.15, 0.2) is 0 Å². The van der Waals surface area contributed by atoms with E-state index < -0.39 is 12.2 Å². The van der Waals surface area contributed by atoms with Gasteiger partial charge in [0.2, 0.25) is 5.91 Å². The second kappa shape index (κ2) is 11.4. The molecule has 9 atom stereocenters. The van der Waals surface area contributed by atoms with Gasteiger partial charge in [-0.2, -0.15) is 0 Å². The lowest BCUT2D eigenvalue weighted by Gasteiger charge is -2.64. The maximum atomic E-state index is 13.8. The van der Waals surface area contributed by atoms with Crippen LogP contribution in [0.2, 0.25) is 0 Å². The molecule has 0 aromatic rings. The highest BCUT2D eigenvalue weighted by Crippen LogP contribution is 2.63. The molecule has 37 heavy (non-hydrogen) atoms. The van der Waals surface area contributed by atoms with E-state index in [1.807, 2.05) is 0 Å². The number of piperidine rings is 1. The van der Waals surface area contributed by atoms with Crippen molar-refractivity contribution < 1.29 is 24.5 Å². The predicted molar refractivity (Wildman–Crippen MR) is 144 cm³/mol. The number of hydrogen-bond donors (Lipinski definition) is 2. The zero-order valence-corrected chi connectivity index (χ0v) is 23.7. The van der Waals surface area contributed by atoms with Gasteiger partial charge in [-0.25, -0.2) is 0 Å². The molecule has 212 valence electrons. The molecule has 0 radical (unpaired) electrons. The van der Waals surface area contributed by atoms with E-state index in [0.717, 1.165) is 44.1 Å². The van der Waals surface area contributed by atoms with Crippen molar-refractivity contribution in [1.29, 1.82) is 0 Å². The maximum Gasteiger partial charge on any atom is 0.226 e. The van der Waals surface area contributed by atoms with Gasteiger partial charge in [-0.3, -0.25) is 4.79 Å². The highest BCUT2D eigenvalue weighted by Gasteiger charge is 2.59. The number of methoxy groups -OCH3 is 1. The Kier molecular flexibility index (Phi) is 8.61. The molecular weight excluding hydrogens is 466 g/mol. The molecule has 1 amide bonds. The lowest BCUT2D eigenvalue weighted by atomic mass is 9.45. The molecule has 2 N–H and O–H groups in total. The first-order chi connectivity index (χ1) is 17.8. The number of hydrogen-bond acceptors (Lipinski definition) is 5. The summed E-state index contributed by atoms with van der Waals surface area (Å²) in [6.07, 6.45) is 15.1. The molecule has 5 fully saturated rings. The first kappa shape index (κ1) is 27.9. The van der Waals surface area contributed by atoms with E-state index in [0.29, 0.717) is 23.2 Å². The Labute approximate surface area is 224 Å². The maximum absolute atomic E-state index is 13.8. The van der Waals surface area contributed by atoms with E-state index in [1.54, 1.807) is 0 Å². The fourth-order valence-electron chi connectivity index (χ4n) is 9.82. The van der Waals surface area contributed by atoms with Crippen LogP contribution in [-0.4, -0.2) is 71.7 Å². The molecule has 6 nitrogen and oxygen atoms in total. The van der Waals surface area contributed by atoms with Gasteiger partial charge in [0.05, 0.1) is 19.3 Å². The standard InChI is InChI=1S/C31H53NO5/c1-30-15-13-23(37-20-28(34)27(33)19-36-3)18-22(30)11-12-24-25(30)14-16-31(2)26(24)10-7-17-32(31)29(35)21-8-5-4-6-9-21/h21-28,33-34H,4-20H2,1-3H3/t22?,23-,24+,25?,26?,27-,28-,30-,31-/m0/s1. The van der Waals surface area contributed by atoms with Gasteiger partial charge in [0, 0.05) is 25.1 Å². The predicted octanol–water partition coefficient (Wildman–Crippen LogP) is 4.94. The third-order valence-electron chi connectivity index (χ3n) is 12.0. The van der Waals surface area contributed by atoms with Crippen LogP contribution in [0, 0.1) is 35.0 Å². The molecule has 3 unspecified atom stereocenters. The zero-order valence-electron chi connectivity index (χ0n) is 23.7. The summed E-state index contributed by atoms with van der Waals surface area (Å²) in [6, 6.07) is 0. The molecule has 1 heterocycles. The average molecular weight is 520 g/mol. The van der Waals surface area contributed by atoms with Crippen LogP contribution in [0.4, 0.5) is 0 Å². The minimum Gasteiger partial charge on any atom is -0.388 e. The molecule has 0 aromatic carbocycles. The topological polar surface area (TPSA) is 79.2 Å². The molecule has 0 spiro atoms. The molecule has 5 aliphatic rings. The van der Waals surface area contributed by atoms with Crippen LogP contribution in [0.1, 0.15) is 104 Å². The van der Waals surface area contributed by atoms with Crippen LogP contribution in [-0.2, 0) is 14.3 Å². The lowest BCUT2D eigenvalue weighted by Crippen LogP contribution is -2.65. The van der Waals surface area contributed by atoms with E-state index >= 15 is 0 Å². The molecule has 4 aliphatic carbocycles. The minimum atomic E-state index is -0.898. The minimum absolute atomic E-state index is 0.0522. The molecule has 4 saturated carbocycles. The van der Waals surface area contributed by atoms with Gasteiger partial charge >= 0.3 is 0 Å². The molecule has 6 heteroatoms. The van der Waals surface area contributed by atoms with E-state index in [-0.39, 0.29) is 30.8 Å². The summed E-state index contributed by atoms with van der Waals surface area (Å²) in [6.45, 7) is 6.30. The normalized spacial score (nSPS) is 42.3. The summed E-state index contributed by atoms with van der Waals surface area (Å²) < 4.78 is 11.1. The summed E-state index contributed by atoms with van der Waals surface area (Å²) in [5, 5.41) is 20.2. The van der Waals surface area contributed by atoms with Crippen molar-refractivity contribution in [3.8, 4) is 0 Å².